The van der Waals surface area contributed by atoms with Crippen molar-refractivity contribution >= 4 is 29.1 Å². The SMILES string of the molecule is Cc1ccc(CNC(=O)C2CCN(Cc3ccc(Cl)c(Cl)c3)CC2)cc1. The van der Waals surface area contributed by atoms with Crippen LogP contribution < -0.4 is 5.32 Å². The largest absolute Gasteiger partial charge is 0.352 e. The van der Waals surface area contributed by atoms with Crippen molar-refractivity contribution in [3.63, 3.8) is 0 Å². The van der Waals surface area contributed by atoms with Crippen molar-refractivity contribution in [3.8, 4) is 0 Å². The number of piperidine rings is 1. The number of nitrogens with one attached hydrogen (secondary N) is 1. The molecule has 0 atom stereocenters. The molecule has 3 rings (SSSR count). The van der Waals surface area contributed by atoms with Gasteiger partial charge in [0, 0.05) is 19.0 Å². The van der Waals surface area contributed by atoms with Crippen molar-refractivity contribution in [2.45, 2.75) is 32.9 Å². The van der Waals surface area contributed by atoms with Gasteiger partial charge in [0.25, 0.3) is 0 Å². The van der Waals surface area contributed by atoms with E-state index in [4.69, 9.17) is 23.2 Å². The molecule has 0 unspecified atom stereocenters. The molecule has 0 radical (unpaired) electrons. The summed E-state index contributed by atoms with van der Waals surface area (Å²) in [6, 6.07) is 14.0. The summed E-state index contributed by atoms with van der Waals surface area (Å²) in [5.74, 6) is 0.269. The number of carbonyl (C=O) groups excluding carboxylic acids is 1. The smallest absolute Gasteiger partial charge is 0.223 e. The van der Waals surface area contributed by atoms with E-state index in [-0.39, 0.29) is 11.8 Å². The van der Waals surface area contributed by atoms with Gasteiger partial charge in [-0.1, -0.05) is 59.1 Å². The first-order valence-corrected chi connectivity index (χ1v) is 9.76. The third-order valence-corrected chi connectivity index (χ3v) is 5.67. The number of hydrogen-bond donors (Lipinski definition) is 1. The van der Waals surface area contributed by atoms with E-state index in [1.807, 2.05) is 18.2 Å². The predicted octanol–water partition coefficient (Wildman–Crippen LogP) is 4.83. The lowest BCUT2D eigenvalue weighted by Crippen LogP contribution is -2.40. The van der Waals surface area contributed by atoms with Gasteiger partial charge in [0.2, 0.25) is 5.91 Å². The summed E-state index contributed by atoms with van der Waals surface area (Å²) in [6.07, 6.45) is 1.78. The number of amides is 1. The summed E-state index contributed by atoms with van der Waals surface area (Å²) in [4.78, 5) is 14.8. The molecule has 1 aliphatic rings. The molecular formula is C21H24Cl2N2O. The van der Waals surface area contributed by atoms with Gasteiger partial charge in [0.1, 0.15) is 0 Å². The van der Waals surface area contributed by atoms with Gasteiger partial charge in [-0.25, -0.2) is 0 Å². The maximum atomic E-state index is 12.4. The molecule has 0 aromatic heterocycles. The van der Waals surface area contributed by atoms with E-state index in [1.54, 1.807) is 0 Å². The molecule has 5 heteroatoms. The number of hydrogen-bond acceptors (Lipinski definition) is 2. The molecule has 0 saturated carbocycles. The Balaban J connectivity index is 1.44. The number of nitrogens with zero attached hydrogens (tertiary/aromatic N) is 1. The first-order chi connectivity index (χ1) is 12.5. The quantitative estimate of drug-likeness (QED) is 0.792. The molecule has 1 heterocycles. The lowest BCUT2D eigenvalue weighted by atomic mass is 9.95. The minimum Gasteiger partial charge on any atom is -0.352 e. The maximum absolute atomic E-state index is 12.4. The van der Waals surface area contributed by atoms with Crippen LogP contribution in [0.5, 0.6) is 0 Å². The molecule has 1 fully saturated rings. The number of likely N-dealkylation sites (tertiary alicyclic amines) is 1. The average Bonchev–Trinajstić information content (AvgIpc) is 2.65. The second kappa shape index (κ2) is 8.90. The van der Waals surface area contributed by atoms with E-state index in [0.29, 0.717) is 16.6 Å². The number of rotatable bonds is 5. The first-order valence-electron chi connectivity index (χ1n) is 9.01. The van der Waals surface area contributed by atoms with Gasteiger partial charge in [-0.2, -0.15) is 0 Å². The molecule has 26 heavy (non-hydrogen) atoms. The third-order valence-electron chi connectivity index (χ3n) is 4.94. The van der Waals surface area contributed by atoms with E-state index in [2.05, 4.69) is 41.4 Å². The van der Waals surface area contributed by atoms with Crippen molar-refractivity contribution in [1.82, 2.24) is 10.2 Å². The molecule has 138 valence electrons. The van der Waals surface area contributed by atoms with Gasteiger partial charge in [-0.05, 0) is 56.1 Å². The molecule has 2 aromatic carbocycles. The average molecular weight is 391 g/mol. The van der Waals surface area contributed by atoms with Crippen molar-refractivity contribution in [2.24, 2.45) is 5.92 Å². The predicted molar refractivity (Wildman–Crippen MR) is 107 cm³/mol. The molecule has 0 aliphatic carbocycles. The van der Waals surface area contributed by atoms with Gasteiger partial charge in [0.05, 0.1) is 10.0 Å². The Morgan fingerprint density at radius 3 is 2.35 bits per heavy atom. The lowest BCUT2D eigenvalue weighted by molar-refractivity contribution is -0.126. The number of benzene rings is 2. The Bertz CT molecular complexity index is 753. The summed E-state index contributed by atoms with van der Waals surface area (Å²) in [7, 11) is 0. The standard InChI is InChI=1S/C21H24Cl2N2O/c1-15-2-4-16(5-3-15)13-24-21(26)18-8-10-25(11-9-18)14-17-6-7-19(22)20(23)12-17/h2-7,12,18H,8-11,13-14H2,1H3,(H,24,26). The number of halogens is 2. The molecule has 0 spiro atoms. The van der Waals surface area contributed by atoms with Gasteiger partial charge in [-0.3, -0.25) is 9.69 Å². The number of carbonyl (C=O) groups is 1. The summed E-state index contributed by atoms with van der Waals surface area (Å²) < 4.78 is 0. The molecule has 1 aliphatic heterocycles. The van der Waals surface area contributed by atoms with Crippen LogP contribution in [-0.4, -0.2) is 23.9 Å². The maximum Gasteiger partial charge on any atom is 0.223 e. The van der Waals surface area contributed by atoms with Gasteiger partial charge >= 0.3 is 0 Å². The minimum atomic E-state index is 0.102. The van der Waals surface area contributed by atoms with Crippen LogP contribution in [0.15, 0.2) is 42.5 Å². The zero-order valence-corrected chi connectivity index (χ0v) is 16.5. The highest BCUT2D eigenvalue weighted by Gasteiger charge is 2.24. The van der Waals surface area contributed by atoms with Crippen LogP contribution in [0, 0.1) is 12.8 Å². The van der Waals surface area contributed by atoms with Crippen molar-refractivity contribution in [1.29, 1.82) is 0 Å². The highest BCUT2D eigenvalue weighted by atomic mass is 35.5. The third kappa shape index (κ3) is 5.23. The van der Waals surface area contributed by atoms with Crippen molar-refractivity contribution < 1.29 is 4.79 Å². The van der Waals surface area contributed by atoms with Gasteiger partial charge in [-0.15, -0.1) is 0 Å². The Morgan fingerprint density at radius 1 is 1.04 bits per heavy atom. The minimum absolute atomic E-state index is 0.102. The summed E-state index contributed by atoms with van der Waals surface area (Å²) in [5.41, 5.74) is 3.53. The Labute approximate surface area is 165 Å². The normalized spacial score (nSPS) is 15.8. The number of aryl methyl sites for hydroxylation is 1. The highest BCUT2D eigenvalue weighted by Crippen LogP contribution is 2.25. The Hall–Kier alpha value is -1.55. The second-order valence-corrected chi connectivity index (χ2v) is 7.82. The van der Waals surface area contributed by atoms with Crippen LogP contribution in [0.3, 0.4) is 0 Å². The van der Waals surface area contributed by atoms with E-state index in [0.717, 1.165) is 43.6 Å². The monoisotopic (exact) mass is 390 g/mol. The van der Waals surface area contributed by atoms with Crippen LogP contribution in [-0.2, 0) is 17.9 Å². The highest BCUT2D eigenvalue weighted by molar-refractivity contribution is 6.42. The first kappa shape index (κ1) is 19.2. The van der Waals surface area contributed by atoms with E-state index < -0.39 is 0 Å². The fourth-order valence-corrected chi connectivity index (χ4v) is 3.61. The topological polar surface area (TPSA) is 32.3 Å². The van der Waals surface area contributed by atoms with Gasteiger partial charge < -0.3 is 5.32 Å². The van der Waals surface area contributed by atoms with Crippen LogP contribution in [0.25, 0.3) is 0 Å². The molecule has 1 saturated heterocycles. The van der Waals surface area contributed by atoms with Crippen LogP contribution >= 0.6 is 23.2 Å². The second-order valence-electron chi connectivity index (χ2n) is 7.00. The summed E-state index contributed by atoms with van der Waals surface area (Å²) in [5, 5.41) is 4.25. The van der Waals surface area contributed by atoms with Gasteiger partial charge in [0.15, 0.2) is 0 Å². The Morgan fingerprint density at radius 2 is 1.69 bits per heavy atom. The molecular weight excluding hydrogens is 367 g/mol. The molecule has 1 amide bonds. The zero-order chi connectivity index (χ0) is 18.5. The molecule has 1 N–H and O–H groups in total. The summed E-state index contributed by atoms with van der Waals surface area (Å²) >= 11 is 12.1. The van der Waals surface area contributed by atoms with E-state index in [1.165, 1.54) is 5.56 Å². The molecule has 0 bridgehead atoms. The van der Waals surface area contributed by atoms with E-state index >= 15 is 0 Å². The van der Waals surface area contributed by atoms with Crippen molar-refractivity contribution in [2.75, 3.05) is 13.1 Å². The lowest BCUT2D eigenvalue weighted by Gasteiger charge is -2.31. The molecule has 2 aromatic rings. The fourth-order valence-electron chi connectivity index (χ4n) is 3.29. The fraction of sp³-hybridized carbons (Fsp3) is 0.381. The van der Waals surface area contributed by atoms with Crippen molar-refractivity contribution in [3.05, 3.63) is 69.2 Å². The van der Waals surface area contributed by atoms with Crippen LogP contribution in [0.2, 0.25) is 10.0 Å². The van der Waals surface area contributed by atoms with Crippen LogP contribution in [0.4, 0.5) is 0 Å². The Kier molecular flexibility index (Phi) is 6.58. The zero-order valence-electron chi connectivity index (χ0n) is 15.0. The van der Waals surface area contributed by atoms with E-state index in [9.17, 15) is 4.79 Å². The van der Waals surface area contributed by atoms with Crippen LogP contribution in [0.1, 0.15) is 29.5 Å². The summed E-state index contributed by atoms with van der Waals surface area (Å²) in [6.45, 7) is 5.34. The molecule has 3 nitrogen and oxygen atoms in total.